The molecule has 1 saturated heterocycles. The monoisotopic (exact) mass is 263 g/mol. The Bertz CT molecular complexity index is 315. The molecule has 1 aliphatic heterocycles. The molecule has 0 spiro atoms. The van der Waals surface area contributed by atoms with Crippen molar-refractivity contribution >= 4 is 0 Å². The van der Waals surface area contributed by atoms with Crippen LogP contribution in [-0.2, 0) is 6.42 Å². The maximum absolute atomic E-state index is 11.9. The third-order valence-electron chi connectivity index (χ3n) is 3.01. The molecular weight excluding hydrogens is 237 g/mol. The van der Waals surface area contributed by atoms with Gasteiger partial charge in [-0.2, -0.15) is 0 Å². The molecule has 0 aliphatic carbocycles. The minimum absolute atomic E-state index is 0.181. The average molecular weight is 263 g/mol. The van der Waals surface area contributed by atoms with Gasteiger partial charge in [0, 0.05) is 19.6 Å². The largest absolute Gasteiger partial charge is 0.303 e. The topological polar surface area (TPSA) is 3.24 Å². The van der Waals surface area contributed by atoms with Gasteiger partial charge in [-0.25, -0.2) is 0 Å². The van der Waals surface area contributed by atoms with Crippen molar-refractivity contribution in [2.45, 2.75) is 26.7 Å². The Morgan fingerprint density at radius 1 is 1.16 bits per heavy atom. The van der Waals surface area contributed by atoms with Gasteiger partial charge in [0.1, 0.15) is 0 Å². The van der Waals surface area contributed by atoms with Crippen LogP contribution in [0.1, 0.15) is 25.8 Å². The van der Waals surface area contributed by atoms with Gasteiger partial charge < -0.3 is 4.90 Å². The first-order valence-electron chi connectivity index (χ1n) is 7.04. The molecule has 1 aromatic carbocycles. The quantitative estimate of drug-likeness (QED) is 0.730. The normalized spacial score (nSPS) is 14.4. The molecular formula is C17H26FN. The minimum Gasteiger partial charge on any atom is -0.303 e. The molecule has 0 N–H and O–H groups in total. The molecule has 2 rings (SSSR count). The van der Waals surface area contributed by atoms with E-state index in [1.54, 1.807) is 0 Å². The minimum atomic E-state index is -0.181. The highest BCUT2D eigenvalue weighted by Gasteiger charge is 2.25. The fourth-order valence-electron chi connectivity index (χ4n) is 2.22. The van der Waals surface area contributed by atoms with Crippen molar-refractivity contribution in [2.75, 3.05) is 26.3 Å². The molecule has 1 aliphatic rings. The number of hydrogen-bond donors (Lipinski definition) is 0. The van der Waals surface area contributed by atoms with E-state index < -0.39 is 0 Å². The van der Waals surface area contributed by atoms with Gasteiger partial charge >= 0.3 is 0 Å². The van der Waals surface area contributed by atoms with Crippen molar-refractivity contribution in [3.63, 3.8) is 0 Å². The highest BCUT2D eigenvalue weighted by Crippen LogP contribution is 2.20. The van der Waals surface area contributed by atoms with Crippen LogP contribution in [0.2, 0.25) is 0 Å². The second-order valence-corrected chi connectivity index (χ2v) is 4.36. The van der Waals surface area contributed by atoms with Crippen LogP contribution in [0.4, 0.5) is 4.39 Å². The summed E-state index contributed by atoms with van der Waals surface area (Å²) >= 11 is 0. The molecule has 0 aromatic heterocycles. The zero-order chi connectivity index (χ0) is 14.5. The smallest absolute Gasteiger partial charge is 0.0906 e. The molecule has 0 unspecified atom stereocenters. The molecule has 0 bridgehead atoms. The third kappa shape index (κ3) is 6.98. The van der Waals surface area contributed by atoms with Gasteiger partial charge in [0.2, 0.25) is 0 Å². The maximum atomic E-state index is 11.9. The van der Waals surface area contributed by atoms with Crippen LogP contribution in [0, 0.1) is 18.8 Å². The van der Waals surface area contributed by atoms with Gasteiger partial charge in [-0.05, 0) is 24.3 Å². The van der Waals surface area contributed by atoms with E-state index in [-0.39, 0.29) is 6.67 Å². The lowest BCUT2D eigenvalue weighted by Crippen LogP contribution is -2.47. The second kappa shape index (κ2) is 11.7. The molecule has 106 valence electrons. The SMILES string of the molecule is C#C.CC.FCCCN1CC(Cc2ccccc2)C1. The molecule has 1 aromatic rings. The van der Waals surface area contributed by atoms with Crippen molar-refractivity contribution in [1.29, 1.82) is 0 Å². The standard InChI is InChI=1S/C13H18FN.C2H6.C2H2/c14-7-4-8-15-10-13(11-15)9-12-5-2-1-3-6-12;2*1-2/h1-3,5-6,13H,4,7-11H2;1-2H3;1-2H. The summed E-state index contributed by atoms with van der Waals surface area (Å²) in [6, 6.07) is 10.6. The van der Waals surface area contributed by atoms with E-state index in [9.17, 15) is 4.39 Å². The molecule has 19 heavy (non-hydrogen) atoms. The number of hydrogen-bond acceptors (Lipinski definition) is 1. The molecule has 1 fully saturated rings. The number of nitrogens with zero attached hydrogens (tertiary/aromatic N) is 1. The fourth-order valence-corrected chi connectivity index (χ4v) is 2.22. The first kappa shape index (κ1) is 17.7. The average Bonchev–Trinajstić information content (AvgIpc) is 2.47. The Hall–Kier alpha value is -1.33. The van der Waals surface area contributed by atoms with Crippen LogP contribution in [0.25, 0.3) is 0 Å². The lowest BCUT2D eigenvalue weighted by atomic mass is 9.92. The number of terminal acetylenes is 1. The summed E-state index contributed by atoms with van der Waals surface area (Å²) in [6.45, 7) is 7.05. The van der Waals surface area contributed by atoms with E-state index in [2.05, 4.69) is 48.1 Å². The van der Waals surface area contributed by atoms with Crippen molar-refractivity contribution in [3.8, 4) is 12.8 Å². The van der Waals surface area contributed by atoms with Crippen LogP contribution >= 0.6 is 0 Å². The summed E-state index contributed by atoms with van der Waals surface area (Å²) in [5, 5.41) is 0. The van der Waals surface area contributed by atoms with Gasteiger partial charge in [0.15, 0.2) is 0 Å². The Morgan fingerprint density at radius 2 is 1.74 bits per heavy atom. The van der Waals surface area contributed by atoms with Gasteiger partial charge in [-0.3, -0.25) is 4.39 Å². The zero-order valence-corrected chi connectivity index (χ0v) is 12.2. The number of benzene rings is 1. The number of likely N-dealkylation sites (tertiary alicyclic amines) is 1. The van der Waals surface area contributed by atoms with Crippen molar-refractivity contribution in [2.24, 2.45) is 5.92 Å². The summed E-state index contributed by atoms with van der Waals surface area (Å²) in [4.78, 5) is 2.34. The highest BCUT2D eigenvalue weighted by atomic mass is 19.1. The lowest BCUT2D eigenvalue weighted by molar-refractivity contribution is 0.0968. The van der Waals surface area contributed by atoms with E-state index in [4.69, 9.17) is 0 Å². The summed E-state index contributed by atoms with van der Waals surface area (Å²) in [7, 11) is 0. The van der Waals surface area contributed by atoms with E-state index in [1.807, 2.05) is 13.8 Å². The van der Waals surface area contributed by atoms with Crippen LogP contribution in [0.3, 0.4) is 0 Å². The summed E-state index contributed by atoms with van der Waals surface area (Å²) in [6.07, 6.45) is 9.87. The third-order valence-corrected chi connectivity index (χ3v) is 3.01. The van der Waals surface area contributed by atoms with Crippen molar-refractivity contribution in [3.05, 3.63) is 35.9 Å². The summed E-state index contributed by atoms with van der Waals surface area (Å²) in [5.74, 6) is 0.784. The molecule has 1 heterocycles. The molecule has 1 nitrogen and oxygen atoms in total. The van der Waals surface area contributed by atoms with Gasteiger partial charge in [-0.1, -0.05) is 44.2 Å². The first-order chi connectivity index (χ1) is 9.38. The molecule has 0 amide bonds. The number of alkyl halides is 1. The van der Waals surface area contributed by atoms with Crippen molar-refractivity contribution in [1.82, 2.24) is 4.90 Å². The number of halogens is 1. The zero-order valence-electron chi connectivity index (χ0n) is 12.2. The van der Waals surface area contributed by atoms with Gasteiger partial charge in [0.25, 0.3) is 0 Å². The predicted octanol–water partition coefficient (Wildman–Crippen LogP) is 3.80. The second-order valence-electron chi connectivity index (χ2n) is 4.36. The summed E-state index contributed by atoms with van der Waals surface area (Å²) in [5.41, 5.74) is 1.42. The lowest BCUT2D eigenvalue weighted by Gasteiger charge is -2.39. The van der Waals surface area contributed by atoms with Crippen molar-refractivity contribution < 1.29 is 4.39 Å². The molecule has 0 atom stereocenters. The Kier molecular flexibility index (Phi) is 10.9. The number of rotatable bonds is 5. The van der Waals surface area contributed by atoms with E-state index in [0.717, 1.165) is 25.6 Å². The van der Waals surface area contributed by atoms with E-state index >= 15 is 0 Å². The Morgan fingerprint density at radius 3 is 2.26 bits per heavy atom. The van der Waals surface area contributed by atoms with E-state index in [0.29, 0.717) is 6.42 Å². The maximum Gasteiger partial charge on any atom is 0.0906 e. The van der Waals surface area contributed by atoms with Crippen LogP contribution in [0.15, 0.2) is 30.3 Å². The van der Waals surface area contributed by atoms with Gasteiger partial charge in [0.05, 0.1) is 6.67 Å². The fraction of sp³-hybridized carbons (Fsp3) is 0.529. The molecule has 2 heteroatoms. The Balaban J connectivity index is 0.000000741. The van der Waals surface area contributed by atoms with Crippen LogP contribution in [0.5, 0.6) is 0 Å². The van der Waals surface area contributed by atoms with E-state index in [1.165, 1.54) is 12.0 Å². The highest BCUT2D eigenvalue weighted by molar-refractivity contribution is 5.15. The first-order valence-corrected chi connectivity index (χ1v) is 7.04. The Labute approximate surface area is 117 Å². The molecule has 0 radical (unpaired) electrons. The summed E-state index contributed by atoms with van der Waals surface area (Å²) < 4.78 is 11.9. The predicted molar refractivity (Wildman–Crippen MR) is 81.9 cm³/mol. The van der Waals surface area contributed by atoms with Gasteiger partial charge in [-0.15, -0.1) is 12.8 Å². The molecule has 0 saturated carbocycles. The van der Waals surface area contributed by atoms with Crippen LogP contribution in [-0.4, -0.2) is 31.2 Å². The van der Waals surface area contributed by atoms with Crippen LogP contribution < -0.4 is 0 Å².